The van der Waals surface area contributed by atoms with E-state index in [1.807, 2.05) is 0 Å². The molecule has 0 bridgehead atoms. The predicted octanol–water partition coefficient (Wildman–Crippen LogP) is 0.395. The molecule has 1 aromatic rings. The Morgan fingerprint density at radius 3 is 2.56 bits per heavy atom. The Balaban J connectivity index is 3.03. The normalized spacial score (nSPS) is 9.62. The summed E-state index contributed by atoms with van der Waals surface area (Å²) in [7, 11) is 3.00. The van der Waals surface area contributed by atoms with Gasteiger partial charge in [-0.2, -0.15) is 0 Å². The van der Waals surface area contributed by atoms with Crippen LogP contribution in [0.25, 0.3) is 0 Å². The summed E-state index contributed by atoms with van der Waals surface area (Å²) in [4.78, 5) is 23.9. The van der Waals surface area contributed by atoms with Crippen LogP contribution in [0.5, 0.6) is 0 Å². The molecule has 0 atom stereocenters. The molecule has 0 saturated carbocycles. The summed E-state index contributed by atoms with van der Waals surface area (Å²) < 4.78 is 4.65. The maximum Gasteiger partial charge on any atom is 0.339 e. The number of anilines is 1. The van der Waals surface area contributed by atoms with Crippen molar-refractivity contribution < 1.29 is 14.3 Å². The number of methoxy groups -OCH3 is 1. The van der Waals surface area contributed by atoms with E-state index < -0.39 is 11.9 Å². The molecule has 0 aliphatic heterocycles. The molecule has 5 heteroatoms. The maximum atomic E-state index is 11.5. The van der Waals surface area contributed by atoms with Crippen molar-refractivity contribution in [2.24, 2.45) is 5.73 Å². The molecule has 0 radical (unpaired) electrons. The minimum absolute atomic E-state index is 0.0496. The fourth-order valence-electron chi connectivity index (χ4n) is 1.41. The summed E-state index contributed by atoms with van der Waals surface area (Å²) in [5.74, 6) is -0.894. The zero-order chi connectivity index (χ0) is 12.1. The van der Waals surface area contributed by atoms with Gasteiger partial charge in [0.1, 0.15) is 0 Å². The Morgan fingerprint density at radius 1 is 1.38 bits per heavy atom. The number of benzene rings is 1. The first-order chi connectivity index (χ1) is 7.56. The lowest BCUT2D eigenvalue weighted by molar-refractivity contribution is -0.116. The van der Waals surface area contributed by atoms with Crippen molar-refractivity contribution in [3.05, 3.63) is 29.8 Å². The number of hydrogen-bond donors (Lipinski definition) is 1. The van der Waals surface area contributed by atoms with Crippen molar-refractivity contribution in [1.82, 2.24) is 0 Å². The van der Waals surface area contributed by atoms with Crippen LogP contribution in [0.3, 0.4) is 0 Å². The van der Waals surface area contributed by atoms with Gasteiger partial charge in [-0.15, -0.1) is 0 Å². The minimum Gasteiger partial charge on any atom is -0.465 e. The number of nitrogens with two attached hydrogens (primary N) is 1. The van der Waals surface area contributed by atoms with Gasteiger partial charge in [0.15, 0.2) is 0 Å². The van der Waals surface area contributed by atoms with Crippen molar-refractivity contribution in [2.75, 3.05) is 25.6 Å². The van der Waals surface area contributed by atoms with Crippen LogP contribution in [-0.2, 0) is 9.53 Å². The smallest absolute Gasteiger partial charge is 0.339 e. The van der Waals surface area contributed by atoms with E-state index in [2.05, 4.69) is 4.74 Å². The van der Waals surface area contributed by atoms with E-state index in [1.165, 1.54) is 7.11 Å². The van der Waals surface area contributed by atoms with Crippen molar-refractivity contribution in [2.45, 2.75) is 0 Å². The van der Waals surface area contributed by atoms with E-state index in [9.17, 15) is 9.59 Å². The van der Waals surface area contributed by atoms with Crippen molar-refractivity contribution in [3.63, 3.8) is 0 Å². The lowest BCUT2D eigenvalue weighted by atomic mass is 10.1. The second-order valence-electron chi connectivity index (χ2n) is 3.33. The van der Waals surface area contributed by atoms with E-state index in [0.29, 0.717) is 11.3 Å². The van der Waals surface area contributed by atoms with Crippen LogP contribution in [0.2, 0.25) is 0 Å². The Kier molecular flexibility index (Phi) is 3.88. The van der Waals surface area contributed by atoms with E-state index in [4.69, 9.17) is 5.73 Å². The van der Waals surface area contributed by atoms with Crippen LogP contribution in [-0.4, -0.2) is 32.6 Å². The number of ether oxygens (including phenoxy) is 1. The van der Waals surface area contributed by atoms with Gasteiger partial charge in [0.05, 0.1) is 24.9 Å². The van der Waals surface area contributed by atoms with Gasteiger partial charge in [-0.3, -0.25) is 4.79 Å². The highest BCUT2D eigenvalue weighted by molar-refractivity contribution is 5.96. The molecule has 2 N–H and O–H groups in total. The Hall–Kier alpha value is -2.04. The first-order valence-corrected chi connectivity index (χ1v) is 4.73. The SMILES string of the molecule is COC(=O)c1ccccc1N(C)CC(N)=O. The lowest BCUT2D eigenvalue weighted by Gasteiger charge is -2.19. The van der Waals surface area contributed by atoms with Crippen LogP contribution < -0.4 is 10.6 Å². The van der Waals surface area contributed by atoms with Crippen molar-refractivity contribution in [3.8, 4) is 0 Å². The number of rotatable bonds is 4. The standard InChI is InChI=1S/C11H14N2O3/c1-13(7-10(12)14)9-6-4-3-5-8(9)11(15)16-2/h3-6H,7H2,1-2H3,(H2,12,14). The van der Waals surface area contributed by atoms with Gasteiger partial charge < -0.3 is 15.4 Å². The lowest BCUT2D eigenvalue weighted by Crippen LogP contribution is -2.31. The van der Waals surface area contributed by atoms with Crippen LogP contribution in [0.15, 0.2) is 24.3 Å². The van der Waals surface area contributed by atoms with Crippen LogP contribution >= 0.6 is 0 Å². The summed E-state index contributed by atoms with van der Waals surface area (Å²) >= 11 is 0. The number of carbonyl (C=O) groups excluding carboxylic acids is 2. The van der Waals surface area contributed by atoms with E-state index in [-0.39, 0.29) is 6.54 Å². The number of primary amides is 1. The molecule has 1 aromatic carbocycles. The zero-order valence-electron chi connectivity index (χ0n) is 9.27. The number of hydrogen-bond acceptors (Lipinski definition) is 4. The first-order valence-electron chi connectivity index (χ1n) is 4.73. The molecule has 5 nitrogen and oxygen atoms in total. The van der Waals surface area contributed by atoms with Gasteiger partial charge in [0.25, 0.3) is 0 Å². The molecule has 0 spiro atoms. The highest BCUT2D eigenvalue weighted by atomic mass is 16.5. The summed E-state index contributed by atoms with van der Waals surface area (Å²) in [5, 5.41) is 0. The highest BCUT2D eigenvalue weighted by Crippen LogP contribution is 2.19. The minimum atomic E-state index is -0.456. The van der Waals surface area contributed by atoms with Gasteiger partial charge in [-0.05, 0) is 12.1 Å². The Labute approximate surface area is 93.8 Å². The van der Waals surface area contributed by atoms with E-state index >= 15 is 0 Å². The van der Waals surface area contributed by atoms with Gasteiger partial charge in [-0.1, -0.05) is 12.1 Å². The largest absolute Gasteiger partial charge is 0.465 e. The fraction of sp³-hybridized carbons (Fsp3) is 0.273. The van der Waals surface area contributed by atoms with Gasteiger partial charge in [-0.25, -0.2) is 4.79 Å². The highest BCUT2D eigenvalue weighted by Gasteiger charge is 2.14. The molecule has 1 amide bonds. The van der Waals surface area contributed by atoms with Crippen LogP contribution in [0, 0.1) is 0 Å². The van der Waals surface area contributed by atoms with Crippen molar-refractivity contribution >= 4 is 17.6 Å². The quantitative estimate of drug-likeness (QED) is 0.748. The van der Waals surface area contributed by atoms with E-state index in [1.54, 1.807) is 36.2 Å². The predicted molar refractivity (Wildman–Crippen MR) is 60.2 cm³/mol. The van der Waals surface area contributed by atoms with Crippen LogP contribution in [0.4, 0.5) is 5.69 Å². The molecule has 0 unspecified atom stereocenters. The molecule has 0 heterocycles. The summed E-state index contributed by atoms with van der Waals surface area (Å²) in [6.45, 7) is 0.0496. The first kappa shape index (κ1) is 12.0. The second kappa shape index (κ2) is 5.16. The number of nitrogens with zero attached hydrogens (tertiary/aromatic N) is 1. The zero-order valence-corrected chi connectivity index (χ0v) is 9.27. The van der Waals surface area contributed by atoms with Gasteiger partial charge in [0.2, 0.25) is 5.91 Å². The number of carbonyl (C=O) groups is 2. The van der Waals surface area contributed by atoms with Gasteiger partial charge in [0, 0.05) is 7.05 Å². The third-order valence-electron chi connectivity index (χ3n) is 2.11. The Bertz CT molecular complexity index is 404. The number of likely N-dealkylation sites (N-methyl/N-ethyl adjacent to an activating group) is 1. The summed E-state index contributed by atoms with van der Waals surface area (Å²) in [6.07, 6.45) is 0. The molecule has 0 fully saturated rings. The fourth-order valence-corrected chi connectivity index (χ4v) is 1.41. The third kappa shape index (κ3) is 2.73. The molecule has 0 aromatic heterocycles. The number of para-hydroxylation sites is 1. The molecule has 0 saturated heterocycles. The average molecular weight is 222 g/mol. The number of amides is 1. The monoisotopic (exact) mass is 222 g/mol. The molecule has 0 aliphatic carbocycles. The topological polar surface area (TPSA) is 72.6 Å². The third-order valence-corrected chi connectivity index (χ3v) is 2.11. The summed E-state index contributed by atoms with van der Waals surface area (Å²) in [5.41, 5.74) is 6.12. The second-order valence-corrected chi connectivity index (χ2v) is 3.33. The molecule has 0 aliphatic rings. The van der Waals surface area contributed by atoms with Crippen LogP contribution in [0.1, 0.15) is 10.4 Å². The summed E-state index contributed by atoms with van der Waals surface area (Å²) in [6, 6.07) is 6.88. The van der Waals surface area contributed by atoms with Gasteiger partial charge >= 0.3 is 5.97 Å². The van der Waals surface area contributed by atoms with Crippen molar-refractivity contribution in [1.29, 1.82) is 0 Å². The Morgan fingerprint density at radius 2 is 2.00 bits per heavy atom. The molecule has 1 rings (SSSR count). The maximum absolute atomic E-state index is 11.5. The molecule has 16 heavy (non-hydrogen) atoms. The van der Waals surface area contributed by atoms with E-state index in [0.717, 1.165) is 0 Å². The average Bonchev–Trinajstić information content (AvgIpc) is 2.27. The molecular formula is C11H14N2O3. The molecular weight excluding hydrogens is 208 g/mol. The molecule has 86 valence electrons. The number of esters is 1.